The molecule has 3 rings (SSSR count). The van der Waals surface area contributed by atoms with Crippen molar-refractivity contribution < 1.29 is 12.8 Å². The molecule has 0 fully saturated rings. The minimum atomic E-state index is -3.81. The van der Waals surface area contributed by atoms with Crippen molar-refractivity contribution in [3.8, 4) is 0 Å². The van der Waals surface area contributed by atoms with Gasteiger partial charge in [-0.25, -0.2) is 17.3 Å². The van der Waals surface area contributed by atoms with Gasteiger partial charge in [-0.05, 0) is 36.4 Å². The fourth-order valence-electron chi connectivity index (χ4n) is 1.83. The van der Waals surface area contributed by atoms with Crippen molar-refractivity contribution in [3.63, 3.8) is 0 Å². The van der Waals surface area contributed by atoms with Gasteiger partial charge in [0.05, 0.1) is 16.1 Å². The van der Waals surface area contributed by atoms with Gasteiger partial charge in [-0.15, -0.1) is 0 Å². The molecule has 0 amide bonds. The minimum Gasteiger partial charge on any atom is -0.279 e. The lowest BCUT2D eigenvalue weighted by Crippen LogP contribution is -2.13. The summed E-state index contributed by atoms with van der Waals surface area (Å²) in [5.74, 6) is -0.598. The maximum absolute atomic E-state index is 13.1. The van der Waals surface area contributed by atoms with Crippen LogP contribution in [-0.4, -0.2) is 18.0 Å². The van der Waals surface area contributed by atoms with E-state index in [9.17, 15) is 12.8 Å². The van der Waals surface area contributed by atoms with E-state index < -0.39 is 15.8 Å². The molecule has 0 saturated heterocycles. The van der Waals surface area contributed by atoms with Gasteiger partial charge in [0.15, 0.2) is 0 Å². The van der Waals surface area contributed by atoms with E-state index in [0.29, 0.717) is 5.69 Å². The lowest BCUT2D eigenvalue weighted by molar-refractivity contribution is 0.595. The molecule has 0 unspecified atom stereocenters. The largest absolute Gasteiger partial charge is 0.279 e. The van der Waals surface area contributed by atoms with Crippen molar-refractivity contribution in [1.29, 1.82) is 0 Å². The van der Waals surface area contributed by atoms with Crippen LogP contribution in [0.5, 0.6) is 0 Å². The summed E-state index contributed by atoms with van der Waals surface area (Å²) in [6, 6.07) is 9.82. The molecule has 0 saturated carbocycles. The molecule has 5 nitrogen and oxygen atoms in total. The molecule has 0 atom stereocenters. The van der Waals surface area contributed by atoms with E-state index in [0.717, 1.165) is 11.6 Å². The normalized spacial score (nSPS) is 11.7. The highest BCUT2D eigenvalue weighted by Gasteiger charge is 2.15. The molecule has 20 heavy (non-hydrogen) atoms. The Balaban J connectivity index is 1.96. The first-order valence-corrected chi connectivity index (χ1v) is 7.25. The zero-order chi connectivity index (χ0) is 14.2. The molecule has 0 spiro atoms. The van der Waals surface area contributed by atoms with E-state index in [2.05, 4.69) is 9.82 Å². The SMILES string of the molecule is O=S(=O)(Nc1ccn2nccc2c1)c1cccc(F)c1. The zero-order valence-corrected chi connectivity index (χ0v) is 11.0. The number of nitrogens with one attached hydrogen (secondary N) is 1. The molecule has 1 aromatic carbocycles. The van der Waals surface area contributed by atoms with Gasteiger partial charge in [-0.3, -0.25) is 4.72 Å². The van der Waals surface area contributed by atoms with Crippen molar-refractivity contribution in [2.75, 3.05) is 4.72 Å². The fraction of sp³-hybridized carbons (Fsp3) is 0. The number of sulfonamides is 1. The number of benzene rings is 1. The van der Waals surface area contributed by atoms with E-state index in [1.165, 1.54) is 18.2 Å². The van der Waals surface area contributed by atoms with E-state index in [-0.39, 0.29) is 4.90 Å². The highest BCUT2D eigenvalue weighted by molar-refractivity contribution is 7.92. The Hall–Kier alpha value is -2.41. The van der Waals surface area contributed by atoms with Crippen LogP contribution in [0, 0.1) is 5.82 Å². The second-order valence-electron chi connectivity index (χ2n) is 4.18. The number of halogens is 1. The number of rotatable bonds is 3. The second-order valence-corrected chi connectivity index (χ2v) is 5.86. The molecular formula is C13H10FN3O2S. The molecule has 0 radical (unpaired) electrons. The van der Waals surface area contributed by atoms with Gasteiger partial charge in [0.2, 0.25) is 0 Å². The van der Waals surface area contributed by atoms with Crippen LogP contribution in [0.2, 0.25) is 0 Å². The predicted octanol–water partition coefficient (Wildman–Crippen LogP) is 2.27. The Morgan fingerprint density at radius 3 is 2.80 bits per heavy atom. The third kappa shape index (κ3) is 2.35. The highest BCUT2D eigenvalue weighted by atomic mass is 32.2. The smallest absolute Gasteiger partial charge is 0.261 e. The molecule has 102 valence electrons. The molecule has 0 bridgehead atoms. The maximum atomic E-state index is 13.1. The summed E-state index contributed by atoms with van der Waals surface area (Å²) in [5.41, 5.74) is 1.15. The van der Waals surface area contributed by atoms with Crippen LogP contribution in [0.15, 0.2) is 59.8 Å². The highest BCUT2D eigenvalue weighted by Crippen LogP contribution is 2.18. The number of hydrogen-bond donors (Lipinski definition) is 1. The van der Waals surface area contributed by atoms with Crippen LogP contribution in [-0.2, 0) is 10.0 Å². The number of nitrogens with zero attached hydrogens (tertiary/aromatic N) is 2. The van der Waals surface area contributed by atoms with Gasteiger partial charge < -0.3 is 0 Å². The predicted molar refractivity (Wildman–Crippen MR) is 72.4 cm³/mol. The number of fused-ring (bicyclic) bond motifs is 1. The zero-order valence-electron chi connectivity index (χ0n) is 10.2. The molecule has 0 aliphatic rings. The van der Waals surface area contributed by atoms with Crippen molar-refractivity contribution in [3.05, 3.63) is 60.7 Å². The lowest BCUT2D eigenvalue weighted by Gasteiger charge is -2.08. The third-order valence-electron chi connectivity index (χ3n) is 2.76. The molecular weight excluding hydrogens is 281 g/mol. The Labute approximate surface area is 114 Å². The number of hydrogen-bond acceptors (Lipinski definition) is 3. The summed E-state index contributed by atoms with van der Waals surface area (Å²) >= 11 is 0. The topological polar surface area (TPSA) is 63.5 Å². The minimum absolute atomic E-state index is 0.120. The van der Waals surface area contributed by atoms with Crippen LogP contribution >= 0.6 is 0 Å². The second kappa shape index (κ2) is 4.61. The molecule has 1 N–H and O–H groups in total. The van der Waals surface area contributed by atoms with Crippen LogP contribution in [0.1, 0.15) is 0 Å². The van der Waals surface area contributed by atoms with E-state index >= 15 is 0 Å². The summed E-state index contributed by atoms with van der Waals surface area (Å²) in [5, 5.41) is 4.02. The molecule has 7 heteroatoms. The Morgan fingerprint density at radius 2 is 2.00 bits per heavy atom. The fourth-order valence-corrected chi connectivity index (χ4v) is 2.91. The number of aromatic nitrogens is 2. The van der Waals surface area contributed by atoms with Crippen molar-refractivity contribution in [2.45, 2.75) is 4.90 Å². The Bertz CT molecular complexity index is 874. The van der Waals surface area contributed by atoms with Crippen LogP contribution in [0.25, 0.3) is 5.52 Å². The summed E-state index contributed by atoms with van der Waals surface area (Å²) in [7, 11) is -3.81. The molecule has 3 aromatic rings. The molecule has 0 aliphatic carbocycles. The first kappa shape index (κ1) is 12.6. The average molecular weight is 291 g/mol. The molecule has 2 aromatic heterocycles. The first-order chi connectivity index (χ1) is 9.54. The van der Waals surface area contributed by atoms with Crippen molar-refractivity contribution in [2.24, 2.45) is 0 Å². The average Bonchev–Trinajstić information content (AvgIpc) is 2.85. The number of pyridine rings is 1. The summed E-state index contributed by atoms with van der Waals surface area (Å²) in [6.45, 7) is 0. The van der Waals surface area contributed by atoms with Gasteiger partial charge in [0.25, 0.3) is 10.0 Å². The number of anilines is 1. The van der Waals surface area contributed by atoms with Crippen molar-refractivity contribution >= 4 is 21.2 Å². The van der Waals surface area contributed by atoms with Gasteiger partial charge >= 0.3 is 0 Å². The van der Waals surface area contributed by atoms with Gasteiger partial charge in [0, 0.05) is 12.4 Å². The van der Waals surface area contributed by atoms with Crippen LogP contribution in [0.4, 0.5) is 10.1 Å². The first-order valence-electron chi connectivity index (χ1n) is 5.76. The summed E-state index contributed by atoms with van der Waals surface area (Å²) < 4.78 is 41.4. The lowest BCUT2D eigenvalue weighted by atomic mass is 10.3. The van der Waals surface area contributed by atoms with Crippen molar-refractivity contribution in [1.82, 2.24) is 9.61 Å². The standard InChI is InChI=1S/C13H10FN3O2S/c14-10-2-1-3-13(8-10)20(18,19)16-11-5-7-17-12(9-11)4-6-15-17/h1-9,16H. The van der Waals surface area contributed by atoms with Crippen LogP contribution < -0.4 is 4.72 Å². The van der Waals surface area contributed by atoms with E-state index in [1.54, 1.807) is 35.1 Å². The molecule has 0 aliphatic heterocycles. The summed E-state index contributed by atoms with van der Waals surface area (Å²) in [6.07, 6.45) is 3.25. The third-order valence-corrected chi connectivity index (χ3v) is 4.14. The summed E-state index contributed by atoms with van der Waals surface area (Å²) in [4.78, 5) is -0.120. The van der Waals surface area contributed by atoms with Gasteiger partial charge in [-0.2, -0.15) is 5.10 Å². The van der Waals surface area contributed by atoms with E-state index in [4.69, 9.17) is 0 Å². The van der Waals surface area contributed by atoms with E-state index in [1.807, 2.05) is 0 Å². The Morgan fingerprint density at radius 1 is 1.15 bits per heavy atom. The monoisotopic (exact) mass is 291 g/mol. The van der Waals surface area contributed by atoms with Crippen LogP contribution in [0.3, 0.4) is 0 Å². The van der Waals surface area contributed by atoms with Gasteiger partial charge in [0.1, 0.15) is 5.82 Å². The quantitative estimate of drug-likeness (QED) is 0.805. The molecule has 2 heterocycles. The maximum Gasteiger partial charge on any atom is 0.261 e. The van der Waals surface area contributed by atoms with Gasteiger partial charge in [-0.1, -0.05) is 6.07 Å². The Kier molecular flexibility index (Phi) is 2.90.